The van der Waals surface area contributed by atoms with Crippen LogP contribution in [0.5, 0.6) is 0 Å². The van der Waals surface area contributed by atoms with Crippen LogP contribution >= 0.6 is 15.9 Å². The third kappa shape index (κ3) is 2.56. The van der Waals surface area contributed by atoms with Crippen LogP contribution in [0.4, 0.5) is 0 Å². The van der Waals surface area contributed by atoms with E-state index in [0.717, 1.165) is 15.7 Å². The molecule has 0 spiro atoms. The molecule has 0 fully saturated rings. The number of rotatable bonds is 2. The van der Waals surface area contributed by atoms with Gasteiger partial charge in [-0.25, -0.2) is 9.97 Å². The summed E-state index contributed by atoms with van der Waals surface area (Å²) in [6.45, 7) is 0. The molecule has 1 heterocycles. The summed E-state index contributed by atoms with van der Waals surface area (Å²) in [4.78, 5) is 8.30. The molecule has 0 N–H and O–H groups in total. The number of aromatic nitrogens is 2. The smallest absolute Gasteiger partial charge is 0.116 e. The Bertz CT molecular complexity index is 679. The van der Waals surface area contributed by atoms with E-state index in [9.17, 15) is 0 Å². The number of hydrogen-bond donors (Lipinski definition) is 0. The maximum atomic E-state index is 4.33. The van der Waals surface area contributed by atoms with Gasteiger partial charge in [-0.3, -0.25) is 0 Å². The molecule has 0 radical (unpaired) electrons. The summed E-state index contributed by atoms with van der Waals surface area (Å²) in [5.74, 6) is 0. The van der Waals surface area contributed by atoms with Crippen molar-refractivity contribution < 1.29 is 0 Å². The quantitative estimate of drug-likeness (QED) is 0.692. The predicted octanol–water partition coefficient (Wildman–Crippen LogP) is 4.57. The second-order valence-corrected chi connectivity index (χ2v) is 5.06. The molecule has 2 aromatic carbocycles. The van der Waals surface area contributed by atoms with E-state index in [1.807, 2.05) is 30.3 Å². The second kappa shape index (κ2) is 5.33. The molecule has 0 unspecified atom stereocenters. The monoisotopic (exact) mass is 310 g/mol. The predicted molar refractivity (Wildman–Crippen MR) is 80.6 cm³/mol. The molecule has 2 nitrogen and oxygen atoms in total. The van der Waals surface area contributed by atoms with E-state index < -0.39 is 0 Å². The molecule has 92 valence electrons. The van der Waals surface area contributed by atoms with Crippen molar-refractivity contribution in [1.82, 2.24) is 9.97 Å². The Labute approximate surface area is 120 Å². The largest absolute Gasteiger partial charge is 0.245 e. The highest BCUT2D eigenvalue weighted by atomic mass is 79.9. The van der Waals surface area contributed by atoms with E-state index >= 15 is 0 Å². The van der Waals surface area contributed by atoms with E-state index in [4.69, 9.17) is 0 Å². The van der Waals surface area contributed by atoms with Gasteiger partial charge in [-0.2, -0.15) is 0 Å². The number of halogens is 1. The zero-order valence-corrected chi connectivity index (χ0v) is 11.7. The highest BCUT2D eigenvalue weighted by molar-refractivity contribution is 9.10. The van der Waals surface area contributed by atoms with Gasteiger partial charge in [-0.15, -0.1) is 0 Å². The van der Waals surface area contributed by atoms with Crippen LogP contribution < -0.4 is 0 Å². The Hall–Kier alpha value is -2.00. The maximum Gasteiger partial charge on any atom is 0.116 e. The van der Waals surface area contributed by atoms with Crippen molar-refractivity contribution in [2.24, 2.45) is 0 Å². The SMILES string of the molecule is Brc1ccc(-c2ccccc2-c2ccncn2)cc1. The summed E-state index contributed by atoms with van der Waals surface area (Å²) in [5.41, 5.74) is 4.41. The fraction of sp³-hybridized carbons (Fsp3) is 0. The van der Waals surface area contributed by atoms with Gasteiger partial charge in [0.25, 0.3) is 0 Å². The highest BCUT2D eigenvalue weighted by Gasteiger charge is 2.07. The van der Waals surface area contributed by atoms with Crippen LogP contribution in [0.1, 0.15) is 0 Å². The molecule has 3 rings (SSSR count). The lowest BCUT2D eigenvalue weighted by molar-refractivity contribution is 1.17. The van der Waals surface area contributed by atoms with Gasteiger partial charge in [-0.1, -0.05) is 52.3 Å². The molecule has 1 aromatic heterocycles. The highest BCUT2D eigenvalue weighted by Crippen LogP contribution is 2.31. The first kappa shape index (κ1) is 12.1. The minimum Gasteiger partial charge on any atom is -0.245 e. The standard InChI is InChI=1S/C16H11BrN2/c17-13-7-5-12(6-8-13)14-3-1-2-4-15(14)16-9-10-18-11-19-16/h1-11H. The minimum absolute atomic E-state index is 0.938. The van der Waals surface area contributed by atoms with Crippen LogP contribution in [0.25, 0.3) is 22.4 Å². The van der Waals surface area contributed by atoms with Gasteiger partial charge in [0.15, 0.2) is 0 Å². The lowest BCUT2D eigenvalue weighted by Crippen LogP contribution is -1.88. The van der Waals surface area contributed by atoms with E-state index in [2.05, 4.69) is 50.2 Å². The van der Waals surface area contributed by atoms with Crippen molar-refractivity contribution in [1.29, 1.82) is 0 Å². The minimum atomic E-state index is 0.938. The molecule has 3 heteroatoms. The lowest BCUT2D eigenvalue weighted by atomic mass is 9.98. The van der Waals surface area contributed by atoms with Crippen LogP contribution in [0.15, 0.2) is 71.6 Å². The van der Waals surface area contributed by atoms with E-state index in [1.54, 1.807) is 12.5 Å². The van der Waals surface area contributed by atoms with Gasteiger partial charge >= 0.3 is 0 Å². The Morgan fingerprint density at radius 3 is 2.21 bits per heavy atom. The van der Waals surface area contributed by atoms with E-state index in [-0.39, 0.29) is 0 Å². The van der Waals surface area contributed by atoms with Crippen LogP contribution in [-0.2, 0) is 0 Å². The summed E-state index contributed by atoms with van der Waals surface area (Å²) < 4.78 is 1.08. The fourth-order valence-electron chi connectivity index (χ4n) is 2.04. The first-order chi connectivity index (χ1) is 9.34. The van der Waals surface area contributed by atoms with Gasteiger partial charge < -0.3 is 0 Å². The molecule has 3 aromatic rings. The molecule has 0 saturated heterocycles. The molecule has 0 bridgehead atoms. The average molecular weight is 311 g/mol. The first-order valence-corrected chi connectivity index (χ1v) is 6.75. The number of hydrogen-bond acceptors (Lipinski definition) is 2. The normalized spacial score (nSPS) is 10.4. The molecular weight excluding hydrogens is 300 g/mol. The zero-order valence-electron chi connectivity index (χ0n) is 10.1. The maximum absolute atomic E-state index is 4.33. The summed E-state index contributed by atoms with van der Waals surface area (Å²) >= 11 is 3.46. The van der Waals surface area contributed by atoms with Crippen LogP contribution in [0, 0.1) is 0 Å². The van der Waals surface area contributed by atoms with Crippen LogP contribution in [0.2, 0.25) is 0 Å². The van der Waals surface area contributed by atoms with Gasteiger partial charge in [-0.05, 0) is 29.3 Å². The molecule has 0 amide bonds. The molecule has 0 atom stereocenters. The molecular formula is C16H11BrN2. The summed E-state index contributed by atoms with van der Waals surface area (Å²) in [6.07, 6.45) is 3.34. The second-order valence-electron chi connectivity index (χ2n) is 4.15. The average Bonchev–Trinajstić information content (AvgIpc) is 2.49. The molecule has 0 saturated carbocycles. The van der Waals surface area contributed by atoms with Gasteiger partial charge in [0, 0.05) is 16.2 Å². The topological polar surface area (TPSA) is 25.8 Å². The lowest BCUT2D eigenvalue weighted by Gasteiger charge is -2.09. The molecule has 0 aliphatic rings. The number of nitrogens with zero attached hydrogens (tertiary/aromatic N) is 2. The zero-order chi connectivity index (χ0) is 13.1. The molecule has 0 aliphatic carbocycles. The molecule has 19 heavy (non-hydrogen) atoms. The Balaban J connectivity index is 2.15. The Morgan fingerprint density at radius 1 is 0.789 bits per heavy atom. The van der Waals surface area contributed by atoms with Crippen molar-refractivity contribution in [3.05, 3.63) is 71.6 Å². The number of benzene rings is 2. The van der Waals surface area contributed by atoms with Gasteiger partial charge in [0.05, 0.1) is 5.69 Å². The summed E-state index contributed by atoms with van der Waals surface area (Å²) in [7, 11) is 0. The van der Waals surface area contributed by atoms with Crippen molar-refractivity contribution >= 4 is 15.9 Å². The molecule has 0 aliphatic heterocycles. The summed E-state index contributed by atoms with van der Waals surface area (Å²) in [5, 5.41) is 0. The summed E-state index contributed by atoms with van der Waals surface area (Å²) in [6, 6.07) is 18.5. The van der Waals surface area contributed by atoms with Crippen molar-refractivity contribution in [2.75, 3.05) is 0 Å². The van der Waals surface area contributed by atoms with Gasteiger partial charge in [0.1, 0.15) is 6.33 Å². The third-order valence-corrected chi connectivity index (χ3v) is 3.47. The third-order valence-electron chi connectivity index (χ3n) is 2.94. The van der Waals surface area contributed by atoms with Crippen LogP contribution in [0.3, 0.4) is 0 Å². The first-order valence-electron chi connectivity index (χ1n) is 5.96. The van der Waals surface area contributed by atoms with Gasteiger partial charge in [0.2, 0.25) is 0 Å². The Kier molecular flexibility index (Phi) is 3.38. The van der Waals surface area contributed by atoms with E-state index in [1.165, 1.54) is 11.1 Å². The van der Waals surface area contributed by atoms with Crippen molar-refractivity contribution in [2.45, 2.75) is 0 Å². The fourth-order valence-corrected chi connectivity index (χ4v) is 2.30. The van der Waals surface area contributed by atoms with Crippen LogP contribution in [-0.4, -0.2) is 9.97 Å². The Morgan fingerprint density at radius 2 is 1.53 bits per heavy atom. The van der Waals surface area contributed by atoms with Crippen molar-refractivity contribution in [3.8, 4) is 22.4 Å². The van der Waals surface area contributed by atoms with E-state index in [0.29, 0.717) is 0 Å². The van der Waals surface area contributed by atoms with Crippen molar-refractivity contribution in [3.63, 3.8) is 0 Å².